The van der Waals surface area contributed by atoms with Gasteiger partial charge in [0, 0.05) is 17.1 Å². The Bertz CT molecular complexity index is 491. The second kappa shape index (κ2) is 6.24. The molecule has 1 saturated heterocycles. The van der Waals surface area contributed by atoms with E-state index in [1.807, 2.05) is 24.3 Å². The molecule has 3 rings (SSSR count). The van der Waals surface area contributed by atoms with E-state index in [1.165, 1.54) is 12.8 Å². The zero-order chi connectivity index (χ0) is 13.9. The molecule has 20 heavy (non-hydrogen) atoms. The molecule has 1 aromatic carbocycles. The summed E-state index contributed by atoms with van der Waals surface area (Å²) in [6, 6.07) is 7.95. The number of amides is 1. The van der Waals surface area contributed by atoms with Gasteiger partial charge in [0.05, 0.1) is 18.3 Å². The Labute approximate surface area is 127 Å². The summed E-state index contributed by atoms with van der Waals surface area (Å²) in [6.45, 7) is 1.14. The topological polar surface area (TPSA) is 50.4 Å². The van der Waals surface area contributed by atoms with Gasteiger partial charge in [-0.05, 0) is 53.2 Å². The molecule has 1 amide bonds. The number of carbonyl (C=O) groups is 1. The molecule has 1 aliphatic heterocycles. The van der Waals surface area contributed by atoms with Crippen LogP contribution in [0.15, 0.2) is 28.7 Å². The largest absolute Gasteiger partial charge is 0.376 e. The maximum Gasteiger partial charge on any atom is 0.238 e. The molecule has 2 fully saturated rings. The standard InChI is InChI=1S/C15H19BrN2O2/c16-11-3-1-2-4-12(11)18-14(19)9-17-13-7-8-20-15(13)10-5-6-10/h1-4,10,13,15,17H,5-9H2,(H,18,19). The van der Waals surface area contributed by atoms with Gasteiger partial charge in [0.25, 0.3) is 0 Å². The minimum absolute atomic E-state index is 0.0154. The monoisotopic (exact) mass is 338 g/mol. The Kier molecular flexibility index (Phi) is 4.38. The van der Waals surface area contributed by atoms with E-state index in [0.717, 1.165) is 23.2 Å². The summed E-state index contributed by atoms with van der Waals surface area (Å²) >= 11 is 3.42. The highest BCUT2D eigenvalue weighted by molar-refractivity contribution is 9.10. The molecule has 2 aliphatic rings. The van der Waals surface area contributed by atoms with Gasteiger partial charge >= 0.3 is 0 Å². The van der Waals surface area contributed by atoms with E-state index in [1.54, 1.807) is 0 Å². The predicted molar refractivity (Wildman–Crippen MR) is 81.6 cm³/mol. The van der Waals surface area contributed by atoms with Gasteiger partial charge in [0.15, 0.2) is 0 Å². The molecule has 1 aromatic rings. The molecule has 0 aromatic heterocycles. The fraction of sp³-hybridized carbons (Fsp3) is 0.533. The molecule has 108 valence electrons. The van der Waals surface area contributed by atoms with E-state index in [4.69, 9.17) is 4.74 Å². The summed E-state index contributed by atoms with van der Waals surface area (Å²) in [4.78, 5) is 12.0. The molecule has 2 unspecified atom stereocenters. The van der Waals surface area contributed by atoms with Crippen LogP contribution in [0.3, 0.4) is 0 Å². The first-order chi connectivity index (χ1) is 9.74. The van der Waals surface area contributed by atoms with Crippen molar-refractivity contribution in [3.63, 3.8) is 0 Å². The van der Waals surface area contributed by atoms with Crippen LogP contribution in [0.1, 0.15) is 19.3 Å². The molecular formula is C15H19BrN2O2. The molecular weight excluding hydrogens is 320 g/mol. The number of hydrogen-bond donors (Lipinski definition) is 2. The minimum atomic E-state index is -0.0154. The smallest absolute Gasteiger partial charge is 0.238 e. The first-order valence-corrected chi connectivity index (χ1v) is 7.93. The summed E-state index contributed by atoms with van der Waals surface area (Å²) < 4.78 is 6.65. The highest BCUT2D eigenvalue weighted by Gasteiger charge is 2.40. The molecule has 0 spiro atoms. The summed E-state index contributed by atoms with van der Waals surface area (Å²) in [5.74, 6) is 0.694. The van der Waals surface area contributed by atoms with Crippen molar-refractivity contribution in [1.82, 2.24) is 5.32 Å². The number of carbonyl (C=O) groups excluding carboxylic acids is 1. The van der Waals surface area contributed by atoms with Gasteiger partial charge in [-0.2, -0.15) is 0 Å². The lowest BCUT2D eigenvalue weighted by molar-refractivity contribution is -0.115. The van der Waals surface area contributed by atoms with E-state index in [0.29, 0.717) is 24.6 Å². The van der Waals surface area contributed by atoms with Crippen LogP contribution in [0.5, 0.6) is 0 Å². The Balaban J connectivity index is 1.48. The number of halogens is 1. The molecule has 5 heteroatoms. The number of benzene rings is 1. The van der Waals surface area contributed by atoms with Gasteiger partial charge in [-0.3, -0.25) is 4.79 Å². The second-order valence-electron chi connectivity index (χ2n) is 5.48. The van der Waals surface area contributed by atoms with Crippen molar-refractivity contribution in [2.24, 2.45) is 5.92 Å². The van der Waals surface area contributed by atoms with Crippen LogP contribution in [0.4, 0.5) is 5.69 Å². The lowest BCUT2D eigenvalue weighted by Gasteiger charge is -2.19. The molecule has 2 N–H and O–H groups in total. The van der Waals surface area contributed by atoms with E-state index in [2.05, 4.69) is 26.6 Å². The van der Waals surface area contributed by atoms with Crippen LogP contribution in [-0.2, 0) is 9.53 Å². The first kappa shape index (κ1) is 14.0. The van der Waals surface area contributed by atoms with Gasteiger partial charge in [-0.1, -0.05) is 12.1 Å². The van der Waals surface area contributed by atoms with Gasteiger partial charge in [-0.25, -0.2) is 0 Å². The highest BCUT2D eigenvalue weighted by atomic mass is 79.9. The van der Waals surface area contributed by atoms with Crippen molar-refractivity contribution in [1.29, 1.82) is 0 Å². The lowest BCUT2D eigenvalue weighted by Crippen LogP contribution is -2.41. The lowest BCUT2D eigenvalue weighted by atomic mass is 10.1. The van der Waals surface area contributed by atoms with Crippen LogP contribution in [0.25, 0.3) is 0 Å². The van der Waals surface area contributed by atoms with Gasteiger partial charge in [0.1, 0.15) is 0 Å². The molecule has 2 atom stereocenters. The zero-order valence-electron chi connectivity index (χ0n) is 11.3. The first-order valence-electron chi connectivity index (χ1n) is 7.13. The Morgan fingerprint density at radius 1 is 1.30 bits per heavy atom. The van der Waals surface area contributed by atoms with Crippen molar-refractivity contribution in [2.45, 2.75) is 31.4 Å². The average Bonchev–Trinajstić information content (AvgIpc) is 3.18. The van der Waals surface area contributed by atoms with Crippen molar-refractivity contribution in [3.05, 3.63) is 28.7 Å². The molecule has 1 aliphatic carbocycles. The molecule has 1 saturated carbocycles. The summed E-state index contributed by atoms with van der Waals surface area (Å²) in [7, 11) is 0. The van der Waals surface area contributed by atoms with E-state index >= 15 is 0 Å². The summed E-state index contributed by atoms with van der Waals surface area (Å²) in [5, 5.41) is 6.24. The quantitative estimate of drug-likeness (QED) is 0.867. The third-order valence-corrected chi connectivity index (χ3v) is 4.59. The van der Waals surface area contributed by atoms with Crippen molar-refractivity contribution < 1.29 is 9.53 Å². The van der Waals surface area contributed by atoms with Crippen LogP contribution in [-0.4, -0.2) is 31.2 Å². The van der Waals surface area contributed by atoms with Crippen LogP contribution in [0, 0.1) is 5.92 Å². The second-order valence-corrected chi connectivity index (χ2v) is 6.33. The number of hydrogen-bond acceptors (Lipinski definition) is 3. The zero-order valence-corrected chi connectivity index (χ0v) is 12.9. The minimum Gasteiger partial charge on any atom is -0.376 e. The summed E-state index contributed by atoms with van der Waals surface area (Å²) in [5.41, 5.74) is 0.806. The number of ether oxygens (including phenoxy) is 1. The average molecular weight is 339 g/mol. The Morgan fingerprint density at radius 2 is 2.10 bits per heavy atom. The normalized spacial score (nSPS) is 25.6. The highest BCUT2D eigenvalue weighted by Crippen LogP contribution is 2.38. The number of para-hydroxylation sites is 1. The van der Waals surface area contributed by atoms with E-state index in [-0.39, 0.29) is 5.91 Å². The molecule has 0 radical (unpaired) electrons. The Morgan fingerprint density at radius 3 is 2.85 bits per heavy atom. The van der Waals surface area contributed by atoms with Gasteiger partial charge < -0.3 is 15.4 Å². The number of nitrogens with one attached hydrogen (secondary N) is 2. The third kappa shape index (κ3) is 3.40. The van der Waals surface area contributed by atoms with Crippen LogP contribution in [0.2, 0.25) is 0 Å². The van der Waals surface area contributed by atoms with E-state index < -0.39 is 0 Å². The fourth-order valence-corrected chi connectivity index (χ4v) is 3.08. The van der Waals surface area contributed by atoms with Crippen molar-refractivity contribution in [3.8, 4) is 0 Å². The van der Waals surface area contributed by atoms with E-state index in [9.17, 15) is 4.79 Å². The number of rotatable bonds is 5. The maximum absolute atomic E-state index is 12.0. The number of anilines is 1. The van der Waals surface area contributed by atoms with Crippen molar-refractivity contribution in [2.75, 3.05) is 18.5 Å². The molecule has 1 heterocycles. The van der Waals surface area contributed by atoms with Crippen LogP contribution >= 0.6 is 15.9 Å². The SMILES string of the molecule is O=C(CNC1CCOC1C1CC1)Nc1ccccc1Br. The third-order valence-electron chi connectivity index (χ3n) is 3.90. The molecule has 4 nitrogen and oxygen atoms in total. The van der Waals surface area contributed by atoms with Gasteiger partial charge in [-0.15, -0.1) is 0 Å². The summed E-state index contributed by atoms with van der Waals surface area (Å²) in [6.07, 6.45) is 3.85. The van der Waals surface area contributed by atoms with Crippen molar-refractivity contribution >= 4 is 27.5 Å². The Hall–Kier alpha value is -0.910. The predicted octanol–water partition coefficient (Wildman–Crippen LogP) is 2.54. The maximum atomic E-state index is 12.0. The fourth-order valence-electron chi connectivity index (χ4n) is 2.70. The molecule has 0 bridgehead atoms. The van der Waals surface area contributed by atoms with Gasteiger partial charge in [0.2, 0.25) is 5.91 Å². The van der Waals surface area contributed by atoms with Crippen LogP contribution < -0.4 is 10.6 Å².